The third kappa shape index (κ3) is 4.96. The molecule has 6 heteroatoms. The number of nitrogens with zero attached hydrogens (tertiary/aromatic N) is 2. The minimum atomic E-state index is -0.825. The van der Waals surface area contributed by atoms with Gasteiger partial charge in [-0.2, -0.15) is 0 Å². The molecular formula is C17H23ClN2O2S. The van der Waals surface area contributed by atoms with E-state index in [0.717, 1.165) is 6.42 Å². The van der Waals surface area contributed by atoms with Gasteiger partial charge in [-0.1, -0.05) is 37.2 Å². The number of thioether (sulfide) groups is 1. The monoisotopic (exact) mass is 354 g/mol. The molecule has 0 fully saturated rings. The van der Waals surface area contributed by atoms with Crippen LogP contribution in [0.2, 0.25) is 5.02 Å². The van der Waals surface area contributed by atoms with Crippen LogP contribution in [-0.4, -0.2) is 26.0 Å². The first-order valence-corrected chi connectivity index (χ1v) is 9.09. The van der Waals surface area contributed by atoms with E-state index in [1.165, 1.54) is 11.8 Å². The molecule has 0 bridgehead atoms. The van der Waals surface area contributed by atoms with Crippen LogP contribution in [0.3, 0.4) is 0 Å². The Morgan fingerprint density at radius 2 is 2.09 bits per heavy atom. The summed E-state index contributed by atoms with van der Waals surface area (Å²) in [6, 6.07) is 5.14. The van der Waals surface area contributed by atoms with Gasteiger partial charge in [0.2, 0.25) is 0 Å². The Hall–Kier alpha value is -1.04. The van der Waals surface area contributed by atoms with Crippen molar-refractivity contribution in [1.29, 1.82) is 0 Å². The van der Waals surface area contributed by atoms with Crippen molar-refractivity contribution in [3.8, 4) is 0 Å². The summed E-state index contributed by atoms with van der Waals surface area (Å²) in [5.74, 6) is 0.961. The van der Waals surface area contributed by atoms with Crippen molar-refractivity contribution in [1.82, 2.24) is 9.55 Å². The van der Waals surface area contributed by atoms with Gasteiger partial charge in [-0.3, -0.25) is 9.36 Å². The normalized spacial score (nSPS) is 12.3. The number of fused-ring (bicyclic) bond motifs is 1. The number of aromatic nitrogens is 2. The van der Waals surface area contributed by atoms with E-state index in [0.29, 0.717) is 39.3 Å². The van der Waals surface area contributed by atoms with Crippen molar-refractivity contribution in [2.75, 3.05) is 5.75 Å². The largest absolute Gasteiger partial charge is 0.390 e. The lowest BCUT2D eigenvalue weighted by Gasteiger charge is -2.19. The van der Waals surface area contributed by atoms with E-state index in [-0.39, 0.29) is 5.56 Å². The fourth-order valence-electron chi connectivity index (χ4n) is 2.11. The Morgan fingerprint density at radius 3 is 2.70 bits per heavy atom. The Bertz CT molecular complexity index is 751. The van der Waals surface area contributed by atoms with Crippen molar-refractivity contribution in [3.05, 3.63) is 33.6 Å². The lowest BCUT2D eigenvalue weighted by Crippen LogP contribution is -2.26. The smallest absolute Gasteiger partial charge is 0.262 e. The summed E-state index contributed by atoms with van der Waals surface area (Å²) in [6.45, 7) is 8.37. The van der Waals surface area contributed by atoms with Gasteiger partial charge in [0.05, 0.1) is 16.5 Å². The summed E-state index contributed by atoms with van der Waals surface area (Å²) in [6.07, 6.45) is 0.900. The molecule has 0 unspecified atom stereocenters. The Morgan fingerprint density at radius 1 is 1.39 bits per heavy atom. The van der Waals surface area contributed by atoms with Crippen molar-refractivity contribution < 1.29 is 5.11 Å². The number of halogens is 1. The van der Waals surface area contributed by atoms with Crippen molar-refractivity contribution in [2.24, 2.45) is 5.92 Å². The van der Waals surface area contributed by atoms with Gasteiger partial charge in [0.25, 0.3) is 5.56 Å². The van der Waals surface area contributed by atoms with Gasteiger partial charge in [0.15, 0.2) is 5.16 Å². The minimum Gasteiger partial charge on any atom is -0.390 e. The van der Waals surface area contributed by atoms with Crippen LogP contribution in [0.15, 0.2) is 28.2 Å². The van der Waals surface area contributed by atoms with Crippen LogP contribution >= 0.6 is 23.4 Å². The van der Waals surface area contributed by atoms with Gasteiger partial charge >= 0.3 is 0 Å². The van der Waals surface area contributed by atoms with Gasteiger partial charge in [-0.05, 0) is 44.4 Å². The second-order valence-corrected chi connectivity index (χ2v) is 8.18. The molecule has 0 atom stereocenters. The van der Waals surface area contributed by atoms with E-state index in [9.17, 15) is 9.90 Å². The molecule has 0 aliphatic heterocycles. The molecule has 23 heavy (non-hydrogen) atoms. The second-order valence-electron chi connectivity index (χ2n) is 6.80. The first kappa shape index (κ1) is 18.3. The summed E-state index contributed by atoms with van der Waals surface area (Å²) in [5, 5.41) is 11.7. The van der Waals surface area contributed by atoms with E-state index in [1.54, 1.807) is 36.6 Å². The summed E-state index contributed by atoms with van der Waals surface area (Å²) >= 11 is 7.42. The van der Waals surface area contributed by atoms with Crippen LogP contribution in [-0.2, 0) is 6.54 Å². The van der Waals surface area contributed by atoms with Gasteiger partial charge < -0.3 is 5.11 Å². The maximum atomic E-state index is 12.8. The summed E-state index contributed by atoms with van der Waals surface area (Å²) in [4.78, 5) is 17.4. The molecule has 1 aromatic heterocycles. The highest BCUT2D eigenvalue weighted by Crippen LogP contribution is 2.23. The van der Waals surface area contributed by atoms with E-state index >= 15 is 0 Å². The Kier molecular flexibility index (Phi) is 5.76. The first-order valence-electron chi connectivity index (χ1n) is 7.72. The zero-order chi connectivity index (χ0) is 17.2. The van der Waals surface area contributed by atoms with Crippen LogP contribution in [0.4, 0.5) is 0 Å². The van der Waals surface area contributed by atoms with Crippen molar-refractivity contribution in [3.63, 3.8) is 0 Å². The second kappa shape index (κ2) is 7.24. The molecule has 1 aromatic carbocycles. The van der Waals surface area contributed by atoms with Crippen molar-refractivity contribution >= 4 is 34.3 Å². The van der Waals surface area contributed by atoms with Crippen molar-refractivity contribution in [2.45, 2.75) is 51.4 Å². The predicted molar refractivity (Wildman–Crippen MR) is 97.5 cm³/mol. The number of hydrogen-bond donors (Lipinski definition) is 1. The maximum Gasteiger partial charge on any atom is 0.262 e. The standard InChI is InChI=1S/C17H23ClN2O2S/c1-11(2)7-8-20-15(21)13-6-5-12(18)9-14(13)19-16(20)23-10-17(3,4)22/h5-6,9,11,22H,7-8,10H2,1-4H3. The highest BCUT2D eigenvalue weighted by Gasteiger charge is 2.17. The van der Waals surface area contributed by atoms with Gasteiger partial charge in [0, 0.05) is 17.3 Å². The quantitative estimate of drug-likeness (QED) is 0.630. The number of benzene rings is 1. The van der Waals surface area contributed by atoms with Crippen LogP contribution in [0.1, 0.15) is 34.1 Å². The fourth-order valence-corrected chi connectivity index (χ4v) is 3.25. The molecule has 126 valence electrons. The fraction of sp³-hybridized carbons (Fsp3) is 0.529. The summed E-state index contributed by atoms with van der Waals surface area (Å²) in [7, 11) is 0. The average molecular weight is 355 g/mol. The Balaban J connectivity index is 2.50. The van der Waals surface area contributed by atoms with E-state index < -0.39 is 5.60 Å². The van der Waals surface area contributed by atoms with Crippen LogP contribution in [0, 0.1) is 5.92 Å². The van der Waals surface area contributed by atoms with E-state index in [2.05, 4.69) is 18.8 Å². The van der Waals surface area contributed by atoms with Gasteiger partial charge in [-0.25, -0.2) is 4.98 Å². The molecule has 0 radical (unpaired) electrons. The maximum absolute atomic E-state index is 12.8. The minimum absolute atomic E-state index is 0.0504. The van der Waals surface area contributed by atoms with Gasteiger partial charge in [0.1, 0.15) is 0 Å². The SMILES string of the molecule is CC(C)CCn1c(SCC(C)(C)O)nc2cc(Cl)ccc2c1=O. The molecule has 1 heterocycles. The Labute approximate surface area is 145 Å². The zero-order valence-electron chi connectivity index (χ0n) is 14.0. The molecule has 0 aliphatic rings. The highest BCUT2D eigenvalue weighted by atomic mass is 35.5. The van der Waals surface area contributed by atoms with E-state index in [1.807, 2.05) is 0 Å². The molecule has 2 aromatic rings. The third-order valence-electron chi connectivity index (χ3n) is 3.37. The van der Waals surface area contributed by atoms with Crippen LogP contribution in [0.5, 0.6) is 0 Å². The summed E-state index contributed by atoms with van der Waals surface area (Å²) in [5.41, 5.74) is -0.277. The number of aliphatic hydroxyl groups is 1. The summed E-state index contributed by atoms with van der Waals surface area (Å²) < 4.78 is 1.71. The molecule has 0 aliphatic carbocycles. The average Bonchev–Trinajstić information content (AvgIpc) is 2.42. The molecule has 2 rings (SSSR count). The zero-order valence-corrected chi connectivity index (χ0v) is 15.5. The van der Waals surface area contributed by atoms with Crippen LogP contribution in [0.25, 0.3) is 10.9 Å². The lowest BCUT2D eigenvalue weighted by atomic mass is 10.1. The highest BCUT2D eigenvalue weighted by molar-refractivity contribution is 7.99. The molecule has 0 amide bonds. The molecule has 4 nitrogen and oxygen atoms in total. The first-order chi connectivity index (χ1) is 10.7. The number of hydrogen-bond acceptors (Lipinski definition) is 4. The van der Waals surface area contributed by atoms with Gasteiger partial charge in [-0.15, -0.1) is 0 Å². The molecule has 1 N–H and O–H groups in total. The topological polar surface area (TPSA) is 55.1 Å². The van der Waals surface area contributed by atoms with E-state index in [4.69, 9.17) is 11.6 Å². The van der Waals surface area contributed by atoms with Crippen LogP contribution < -0.4 is 5.56 Å². The molecule has 0 spiro atoms. The lowest BCUT2D eigenvalue weighted by molar-refractivity contribution is 0.107. The number of rotatable bonds is 6. The molecule has 0 saturated carbocycles. The third-order valence-corrected chi connectivity index (χ3v) is 5.02. The predicted octanol–water partition coefficient (Wildman–Crippen LogP) is 3.96. The molecule has 0 saturated heterocycles. The molecular weight excluding hydrogens is 332 g/mol.